The standard InChI is InChI=1S/C10H18O4/c1-2-4-12-6-8-14-10-9-13-7-5-11-3-1/h1,3H,2,4-10H2. The van der Waals surface area contributed by atoms with E-state index in [0.29, 0.717) is 39.6 Å². The highest BCUT2D eigenvalue weighted by Gasteiger charge is 1.92. The average Bonchev–Trinajstić information content (AvgIpc) is 2.22. The summed E-state index contributed by atoms with van der Waals surface area (Å²) in [4.78, 5) is 0. The summed E-state index contributed by atoms with van der Waals surface area (Å²) >= 11 is 0. The number of rotatable bonds is 0. The minimum atomic E-state index is 0.595. The van der Waals surface area contributed by atoms with Crippen LogP contribution < -0.4 is 0 Å². The Morgan fingerprint density at radius 1 is 0.643 bits per heavy atom. The van der Waals surface area contributed by atoms with Crippen LogP contribution in [0.4, 0.5) is 0 Å². The minimum Gasteiger partial charge on any atom is -0.499 e. The lowest BCUT2D eigenvalue weighted by Crippen LogP contribution is -2.11. The molecule has 0 aromatic rings. The van der Waals surface area contributed by atoms with Gasteiger partial charge in [-0.25, -0.2) is 0 Å². The van der Waals surface area contributed by atoms with Crippen molar-refractivity contribution < 1.29 is 18.9 Å². The lowest BCUT2D eigenvalue weighted by molar-refractivity contribution is 0.00552. The fourth-order valence-electron chi connectivity index (χ4n) is 1.00. The van der Waals surface area contributed by atoms with Crippen molar-refractivity contribution >= 4 is 0 Å². The third-order valence-electron chi connectivity index (χ3n) is 1.71. The second-order valence-electron chi connectivity index (χ2n) is 2.87. The van der Waals surface area contributed by atoms with Crippen LogP contribution in [-0.4, -0.2) is 46.2 Å². The monoisotopic (exact) mass is 202 g/mol. The quantitative estimate of drug-likeness (QED) is 0.586. The molecular formula is C10H18O4. The molecule has 0 spiro atoms. The molecule has 1 aliphatic heterocycles. The van der Waals surface area contributed by atoms with Gasteiger partial charge in [0.2, 0.25) is 0 Å². The van der Waals surface area contributed by atoms with Gasteiger partial charge in [-0.2, -0.15) is 0 Å². The van der Waals surface area contributed by atoms with Crippen LogP contribution in [0.3, 0.4) is 0 Å². The summed E-state index contributed by atoms with van der Waals surface area (Å²) in [6.45, 7) is 4.46. The van der Waals surface area contributed by atoms with Gasteiger partial charge in [0.05, 0.1) is 45.9 Å². The molecule has 14 heavy (non-hydrogen) atoms. The van der Waals surface area contributed by atoms with Crippen LogP contribution in [0.15, 0.2) is 12.3 Å². The van der Waals surface area contributed by atoms with E-state index in [1.165, 1.54) is 0 Å². The lowest BCUT2D eigenvalue weighted by Gasteiger charge is -2.07. The first-order valence-corrected chi connectivity index (χ1v) is 5.00. The molecule has 1 rings (SSSR count). The summed E-state index contributed by atoms with van der Waals surface area (Å²) < 4.78 is 21.0. The van der Waals surface area contributed by atoms with Gasteiger partial charge in [-0.3, -0.25) is 0 Å². The highest BCUT2D eigenvalue weighted by atomic mass is 16.6. The van der Waals surface area contributed by atoms with Crippen LogP contribution in [-0.2, 0) is 18.9 Å². The van der Waals surface area contributed by atoms with Gasteiger partial charge in [0.25, 0.3) is 0 Å². The second-order valence-corrected chi connectivity index (χ2v) is 2.87. The Labute approximate surface area is 84.8 Å². The summed E-state index contributed by atoms with van der Waals surface area (Å²) in [6, 6.07) is 0. The molecule has 0 N–H and O–H groups in total. The molecule has 0 aliphatic carbocycles. The van der Waals surface area contributed by atoms with Gasteiger partial charge in [-0.15, -0.1) is 0 Å². The summed E-state index contributed by atoms with van der Waals surface area (Å²) in [7, 11) is 0. The van der Waals surface area contributed by atoms with Crippen molar-refractivity contribution in [2.45, 2.75) is 6.42 Å². The van der Waals surface area contributed by atoms with Crippen LogP contribution in [0, 0.1) is 0 Å². The van der Waals surface area contributed by atoms with Crippen LogP contribution >= 0.6 is 0 Å². The molecule has 0 bridgehead atoms. The molecule has 0 amide bonds. The van der Waals surface area contributed by atoms with Gasteiger partial charge < -0.3 is 18.9 Å². The highest BCUT2D eigenvalue weighted by molar-refractivity contribution is 4.72. The molecule has 0 aromatic carbocycles. The van der Waals surface area contributed by atoms with E-state index < -0.39 is 0 Å². The molecule has 0 saturated heterocycles. The first-order valence-electron chi connectivity index (χ1n) is 5.00. The predicted octanol–water partition coefficient (Wildman–Crippen LogP) is 0.970. The molecule has 0 aromatic heterocycles. The fraction of sp³-hybridized carbons (Fsp3) is 0.800. The molecule has 1 heterocycles. The SMILES string of the molecule is C1=COCCOCCOCCOCC1. The van der Waals surface area contributed by atoms with Crippen molar-refractivity contribution in [3.8, 4) is 0 Å². The topological polar surface area (TPSA) is 36.9 Å². The van der Waals surface area contributed by atoms with Gasteiger partial charge in [-0.1, -0.05) is 0 Å². The third kappa shape index (κ3) is 6.88. The molecule has 4 heteroatoms. The van der Waals surface area contributed by atoms with Gasteiger partial charge in [0.15, 0.2) is 0 Å². The predicted molar refractivity (Wildman–Crippen MR) is 52.2 cm³/mol. The maximum Gasteiger partial charge on any atom is 0.111 e. The average molecular weight is 202 g/mol. The van der Waals surface area contributed by atoms with Crippen LogP contribution in [0.1, 0.15) is 6.42 Å². The maximum atomic E-state index is 5.31. The molecule has 4 nitrogen and oxygen atoms in total. The van der Waals surface area contributed by atoms with Crippen molar-refractivity contribution in [2.75, 3.05) is 46.2 Å². The molecule has 0 fully saturated rings. The van der Waals surface area contributed by atoms with Crippen molar-refractivity contribution in [3.63, 3.8) is 0 Å². The van der Waals surface area contributed by atoms with E-state index in [-0.39, 0.29) is 0 Å². The Bertz CT molecular complexity index is 131. The fourth-order valence-corrected chi connectivity index (χ4v) is 1.00. The van der Waals surface area contributed by atoms with Crippen LogP contribution in [0.2, 0.25) is 0 Å². The number of hydrogen-bond donors (Lipinski definition) is 0. The Morgan fingerprint density at radius 2 is 1.21 bits per heavy atom. The Kier molecular flexibility index (Phi) is 7.38. The zero-order valence-electron chi connectivity index (χ0n) is 8.44. The normalized spacial score (nSPS) is 22.3. The van der Waals surface area contributed by atoms with E-state index in [2.05, 4.69) is 0 Å². The van der Waals surface area contributed by atoms with E-state index >= 15 is 0 Å². The number of ether oxygens (including phenoxy) is 4. The molecular weight excluding hydrogens is 184 g/mol. The molecule has 0 radical (unpaired) electrons. The molecule has 0 atom stereocenters. The van der Waals surface area contributed by atoms with Gasteiger partial charge in [0, 0.05) is 0 Å². The second kappa shape index (κ2) is 8.99. The van der Waals surface area contributed by atoms with Crippen molar-refractivity contribution in [1.82, 2.24) is 0 Å². The Balaban J connectivity index is 2.09. The zero-order chi connectivity index (χ0) is 9.90. The first-order chi connectivity index (χ1) is 7.00. The molecule has 0 unspecified atom stereocenters. The first kappa shape index (κ1) is 11.5. The third-order valence-corrected chi connectivity index (χ3v) is 1.71. The Morgan fingerprint density at radius 3 is 1.93 bits per heavy atom. The van der Waals surface area contributed by atoms with Gasteiger partial charge in [-0.05, 0) is 12.5 Å². The summed E-state index contributed by atoms with van der Waals surface area (Å²) in [5.74, 6) is 0. The van der Waals surface area contributed by atoms with Crippen molar-refractivity contribution in [1.29, 1.82) is 0 Å². The van der Waals surface area contributed by atoms with E-state index in [1.807, 2.05) is 6.08 Å². The zero-order valence-corrected chi connectivity index (χ0v) is 8.44. The summed E-state index contributed by atoms with van der Waals surface area (Å²) in [5.41, 5.74) is 0. The maximum absolute atomic E-state index is 5.31. The van der Waals surface area contributed by atoms with Crippen LogP contribution in [0.5, 0.6) is 0 Å². The smallest absolute Gasteiger partial charge is 0.111 e. The van der Waals surface area contributed by atoms with Crippen molar-refractivity contribution in [2.24, 2.45) is 0 Å². The van der Waals surface area contributed by atoms with E-state index in [9.17, 15) is 0 Å². The molecule has 0 saturated carbocycles. The van der Waals surface area contributed by atoms with E-state index in [1.54, 1.807) is 6.26 Å². The van der Waals surface area contributed by atoms with E-state index in [0.717, 1.165) is 13.0 Å². The van der Waals surface area contributed by atoms with Gasteiger partial charge in [0.1, 0.15) is 6.61 Å². The van der Waals surface area contributed by atoms with Crippen molar-refractivity contribution in [3.05, 3.63) is 12.3 Å². The summed E-state index contributed by atoms with van der Waals surface area (Å²) in [6.07, 6.45) is 4.53. The Hall–Kier alpha value is -0.580. The van der Waals surface area contributed by atoms with E-state index in [4.69, 9.17) is 18.9 Å². The molecule has 1 aliphatic rings. The van der Waals surface area contributed by atoms with Gasteiger partial charge >= 0.3 is 0 Å². The lowest BCUT2D eigenvalue weighted by atomic mass is 10.4. The minimum absolute atomic E-state index is 0.595. The number of hydrogen-bond acceptors (Lipinski definition) is 4. The molecule has 82 valence electrons. The summed E-state index contributed by atoms with van der Waals surface area (Å²) in [5, 5.41) is 0. The highest BCUT2D eigenvalue weighted by Crippen LogP contribution is 1.89. The van der Waals surface area contributed by atoms with Crippen LogP contribution in [0.25, 0.3) is 0 Å². The largest absolute Gasteiger partial charge is 0.499 e.